The molecule has 131 heavy (non-hydrogen) atoms. The molecule has 0 atom stereocenters. The van der Waals surface area contributed by atoms with Gasteiger partial charge in [-0.1, -0.05) is 72.8 Å². The monoisotopic (exact) mass is 2130 g/mol. The van der Waals surface area contributed by atoms with Crippen LogP contribution in [0.25, 0.3) is 91.1 Å². The van der Waals surface area contributed by atoms with Crippen LogP contribution in [0.4, 0.5) is 151 Å². The largest absolute Gasteiger partial charge is 3.00 e. The summed E-state index contributed by atoms with van der Waals surface area (Å²) in [5, 5.41) is 36.6. The molecule has 0 aromatic carbocycles. The molecule has 0 radical (unpaired) electrons. The molecule has 0 fully saturated rings. The van der Waals surface area contributed by atoms with E-state index < -0.39 is 46.9 Å². The SMILES string of the molecule is CC#N.CC#N.CC#N.CC#N.CC#N.F[P-](F)(F)(F)(F)F.F[P-](F)(F)(F)(F)F.F[P-](F)(F)(F)(F)F.F[P-](F)(F)(F)(F)F.F[P-](F)(F)(F)(F)F.F[P-](F)(F)(F)(F)F.[Co+3].[Co+3].c1ccc(-c2cccc(-c3ccccn3)n2)nc1.c1ccc(-c2cccc(-c3ccccn3)n2)nc1.c1ccc(-c2cccc(-c3ccccn3)n2)nc1.c1ccc(-c2cccc(-c3ccccn3)n2)nc1. The van der Waals surface area contributed by atoms with E-state index in [9.17, 15) is 151 Å². The van der Waals surface area contributed by atoms with E-state index in [-0.39, 0.29) is 33.6 Å². The third-order valence-corrected chi connectivity index (χ3v) is 10.4. The van der Waals surface area contributed by atoms with E-state index >= 15 is 0 Å². The van der Waals surface area contributed by atoms with Gasteiger partial charge in [0, 0.05) is 84.2 Å². The average Bonchev–Trinajstić information content (AvgIpc) is 0.803. The topological polar surface area (TPSA) is 274 Å². The average molecular weight is 2130 g/mol. The van der Waals surface area contributed by atoms with Crippen molar-refractivity contribution in [2.75, 3.05) is 0 Å². The molecule has 0 saturated carbocycles. The number of hydrogen-bond acceptors (Lipinski definition) is 17. The maximum absolute atomic E-state index is 10.7. The van der Waals surface area contributed by atoms with Gasteiger partial charge in [-0.3, -0.25) is 39.9 Å². The summed E-state index contributed by atoms with van der Waals surface area (Å²) in [7, 11) is -63.9. The predicted octanol–water partition coefficient (Wildman–Crippen LogP) is 35.8. The van der Waals surface area contributed by atoms with Crippen molar-refractivity contribution < 1.29 is 185 Å². The van der Waals surface area contributed by atoms with Crippen LogP contribution in [0.3, 0.4) is 0 Å². The Balaban J connectivity index is -0.000000452. The van der Waals surface area contributed by atoms with E-state index in [1.807, 2.05) is 218 Å². The van der Waals surface area contributed by atoms with Crippen molar-refractivity contribution in [3.63, 3.8) is 0 Å². The van der Waals surface area contributed by atoms with Crippen molar-refractivity contribution in [2.24, 2.45) is 0 Å². The van der Waals surface area contributed by atoms with Crippen LogP contribution in [0, 0.1) is 56.7 Å². The third kappa shape index (κ3) is 104. The second-order valence-electron chi connectivity index (χ2n) is 22.2. The molecule has 0 bridgehead atoms. The zero-order valence-corrected chi connectivity index (χ0v) is 72.9. The Morgan fingerprint density at radius 3 is 0.282 bits per heavy atom. The number of nitriles is 5. The second kappa shape index (κ2) is 46.4. The molecular weight excluding hydrogens is 2070 g/mol. The summed E-state index contributed by atoms with van der Waals surface area (Å²) in [4.78, 5) is 52.8. The van der Waals surface area contributed by atoms with Crippen molar-refractivity contribution in [1.29, 1.82) is 26.3 Å². The molecule has 0 aliphatic carbocycles. The Kier molecular flexibility index (Phi) is 45.3. The fraction of sp³-hybridized carbons (Fsp3) is 0.0714. The smallest absolute Gasteiger partial charge is 0.255 e. The summed E-state index contributed by atoms with van der Waals surface area (Å²) >= 11 is 0. The molecule has 0 unspecified atom stereocenters. The quantitative estimate of drug-likeness (QED) is 0.101. The summed E-state index contributed by atoms with van der Waals surface area (Å²) in [6, 6.07) is 78.7. The maximum atomic E-state index is 9.87. The first kappa shape index (κ1) is 128. The van der Waals surface area contributed by atoms with Crippen LogP contribution in [-0.2, 0) is 33.6 Å². The van der Waals surface area contributed by atoms with E-state index in [1.165, 1.54) is 34.6 Å². The van der Waals surface area contributed by atoms with Gasteiger partial charge in [-0.15, -0.1) is 0 Å². The minimum absolute atomic E-state index is 0. The van der Waals surface area contributed by atoms with Gasteiger partial charge in [-0.25, -0.2) is 19.9 Å². The molecule has 0 aliphatic rings. The maximum Gasteiger partial charge on any atom is 3.00 e. The molecule has 0 aliphatic heterocycles. The van der Waals surface area contributed by atoms with E-state index in [0.29, 0.717) is 0 Å². The summed E-state index contributed by atoms with van der Waals surface area (Å²) in [5.41, 5.74) is 13.8. The fourth-order valence-electron chi connectivity index (χ4n) is 6.99. The van der Waals surface area contributed by atoms with E-state index in [0.717, 1.165) is 91.1 Å². The molecule has 12 aromatic rings. The summed E-state index contributed by atoms with van der Waals surface area (Å²) in [6.45, 7) is 7.15. The van der Waals surface area contributed by atoms with Crippen LogP contribution in [0.2, 0.25) is 0 Å². The van der Waals surface area contributed by atoms with Gasteiger partial charge in [0.1, 0.15) is 0 Å². The van der Waals surface area contributed by atoms with Gasteiger partial charge in [0.15, 0.2) is 0 Å². The summed E-state index contributed by atoms with van der Waals surface area (Å²) in [6.07, 6.45) is 14.1. The van der Waals surface area contributed by atoms with Crippen molar-refractivity contribution in [2.45, 2.75) is 34.6 Å². The summed E-state index contributed by atoms with van der Waals surface area (Å²) < 4.78 is 355. The van der Waals surface area contributed by atoms with Gasteiger partial charge >= 0.3 is 231 Å². The minimum atomic E-state index is -10.7. The van der Waals surface area contributed by atoms with Crippen molar-refractivity contribution >= 4 is 46.9 Å². The van der Waals surface area contributed by atoms with Gasteiger partial charge in [0.05, 0.1) is 121 Å². The molecule has 0 N–H and O–H groups in total. The van der Waals surface area contributed by atoms with E-state index in [4.69, 9.17) is 26.3 Å². The van der Waals surface area contributed by atoms with Crippen molar-refractivity contribution in [3.05, 3.63) is 268 Å². The number of nitrogens with zero attached hydrogens (tertiary/aromatic N) is 17. The molecule has 0 spiro atoms. The Bertz CT molecular complexity index is 4590. The first-order valence-electron chi connectivity index (χ1n) is 32.6. The zero-order chi connectivity index (χ0) is 101. The summed E-state index contributed by atoms with van der Waals surface area (Å²) in [5.74, 6) is 0. The van der Waals surface area contributed by atoms with Gasteiger partial charge in [0.25, 0.3) is 0 Å². The number of aromatic nitrogens is 12. The molecule has 0 saturated heterocycles. The fourth-order valence-corrected chi connectivity index (χ4v) is 6.99. The molecule has 724 valence electrons. The van der Waals surface area contributed by atoms with Gasteiger partial charge < -0.3 is 0 Å². The molecule has 12 heterocycles. The Hall–Kier alpha value is -11.7. The van der Waals surface area contributed by atoms with Crippen LogP contribution >= 0.6 is 46.9 Å². The second-order valence-corrected chi connectivity index (χ2v) is 33.7. The van der Waals surface area contributed by atoms with Crippen molar-refractivity contribution in [3.8, 4) is 121 Å². The first-order valence-corrected chi connectivity index (χ1v) is 44.8. The van der Waals surface area contributed by atoms with Crippen LogP contribution in [-0.4, -0.2) is 59.8 Å². The number of hydrogen-bond donors (Lipinski definition) is 0. The van der Waals surface area contributed by atoms with Gasteiger partial charge in [-0.05, 0) is 146 Å². The number of rotatable bonds is 8. The normalized spacial score (nSPS) is 13.3. The van der Waals surface area contributed by atoms with Crippen LogP contribution < -0.4 is 0 Å². The molecule has 17 nitrogen and oxygen atoms in total. The number of halogens is 36. The van der Waals surface area contributed by atoms with Gasteiger partial charge in [-0.2, -0.15) is 26.3 Å². The van der Waals surface area contributed by atoms with Crippen LogP contribution in [0.15, 0.2) is 268 Å². The van der Waals surface area contributed by atoms with Gasteiger partial charge in [0.2, 0.25) is 0 Å². The molecule has 61 heteroatoms. The van der Waals surface area contributed by atoms with Crippen LogP contribution in [0.1, 0.15) is 34.6 Å². The Labute approximate surface area is 738 Å². The van der Waals surface area contributed by atoms with Crippen LogP contribution in [0.5, 0.6) is 0 Å². The molecule has 12 aromatic heterocycles. The standard InChI is InChI=1S/4C15H11N3.5C2H3N.2Co.6F6P/c4*1-3-10-16-12(6-1)14-8-5-9-15(18-14)13-7-2-4-11-17-13;5*1-2-3;;;6*1-7(2,3,4,5)6/h4*1-11H;5*1H3;;;;;;;;/q;;;;;;;;;2*+3;6*-1. The van der Waals surface area contributed by atoms with Crippen molar-refractivity contribution in [1.82, 2.24) is 59.8 Å². The minimum Gasteiger partial charge on any atom is -0.255 e. The van der Waals surface area contributed by atoms with E-state index in [1.54, 1.807) is 79.9 Å². The Morgan fingerprint density at radius 1 is 0.153 bits per heavy atom. The molecule has 12 rings (SSSR count). The molecular formula is C70H59Co2F36N17P6. The Morgan fingerprint density at radius 2 is 0.221 bits per heavy atom. The zero-order valence-electron chi connectivity index (χ0n) is 65.5. The third-order valence-electron chi connectivity index (χ3n) is 10.4. The predicted molar refractivity (Wildman–Crippen MR) is 421 cm³/mol. The van der Waals surface area contributed by atoms with E-state index in [2.05, 4.69) is 59.8 Å². The number of pyridine rings is 12. The molecule has 0 amide bonds. The first-order chi connectivity index (χ1) is 57.5.